The normalized spacial score (nSPS) is 3.25. The Hall–Kier alpha value is 3.84. The molecule has 0 heterocycles. The Morgan fingerprint density at radius 2 is 1.00 bits per heavy atom. The van der Waals surface area contributed by atoms with Crippen molar-refractivity contribution in [3.63, 3.8) is 0 Å². The molecule has 8 heteroatoms. The van der Waals surface area contributed by atoms with Crippen LogP contribution in [0, 0.1) is 0 Å². The van der Waals surface area contributed by atoms with Crippen molar-refractivity contribution < 1.29 is 132 Å². The summed E-state index contributed by atoms with van der Waals surface area (Å²) >= 11 is -4.08. The van der Waals surface area contributed by atoms with Gasteiger partial charge in [-0.3, -0.25) is 0 Å². The maximum absolute atomic E-state index is 8.58. The Morgan fingerprint density at radius 3 is 1.00 bits per heavy atom. The molecule has 0 aromatic rings. The molecule has 8 heavy (non-hydrogen) atoms. The fraction of sp³-hybridized carbons (Fsp3) is 0. The predicted molar refractivity (Wildman–Crippen MR) is 12.2 cm³/mol. The predicted octanol–water partition coefficient (Wildman–Crippen LogP) is -9.25. The second-order valence-electron chi connectivity index (χ2n) is 0.250. The number of rotatable bonds is 0. The Labute approximate surface area is 144 Å². The van der Waals surface area contributed by atoms with E-state index in [2.05, 4.69) is 0 Å². The second kappa shape index (κ2) is 22.4. The summed E-state index contributed by atoms with van der Waals surface area (Å²) in [7, 11) is 0. The molecule has 0 saturated carbocycles. The Balaban J connectivity index is -0.00000000750. The van der Waals surface area contributed by atoms with E-state index in [0.29, 0.717) is 0 Å². The molecule has 30 valence electrons. The van der Waals surface area contributed by atoms with E-state index in [9.17, 15) is 0 Å². The summed E-state index contributed by atoms with van der Waals surface area (Å²) in [5.41, 5.74) is 0. The summed E-state index contributed by atoms with van der Waals surface area (Å²) in [6.45, 7) is 0. The van der Waals surface area contributed by atoms with Gasteiger partial charge in [0.1, 0.15) is 0 Å². The molecular formula is B2K2O3Ti. The van der Waals surface area contributed by atoms with E-state index in [-0.39, 0.29) is 120 Å². The van der Waals surface area contributed by atoms with Crippen LogP contribution in [0.1, 0.15) is 0 Å². The molecule has 0 aromatic heterocycles. The first-order valence-electron chi connectivity index (χ1n) is 0.612. The van der Waals surface area contributed by atoms with Gasteiger partial charge in [0.2, 0.25) is 0 Å². The Kier molecular flexibility index (Phi) is 83.4. The van der Waals surface area contributed by atoms with Crippen LogP contribution in [0.25, 0.3) is 0 Å². The Morgan fingerprint density at radius 1 is 1.00 bits per heavy atom. The van der Waals surface area contributed by atoms with Gasteiger partial charge in [-0.25, -0.2) is 0 Å². The summed E-state index contributed by atoms with van der Waals surface area (Å²) in [5, 5.41) is 0. The first-order chi connectivity index (χ1) is 1.73. The summed E-state index contributed by atoms with van der Waals surface area (Å²) < 4.78 is 25.8. The van der Waals surface area contributed by atoms with Gasteiger partial charge in [-0.15, -0.1) is 0 Å². The standard InChI is InChI=1S/2B.2K.3O.Ti/q;;2*+1;;2*-1;. The van der Waals surface area contributed by atoms with Crippen molar-refractivity contribution in [2.75, 3.05) is 0 Å². The van der Waals surface area contributed by atoms with Crippen molar-refractivity contribution >= 4 is 16.8 Å². The van der Waals surface area contributed by atoms with Crippen molar-refractivity contribution in [1.29, 1.82) is 0 Å². The average molecular weight is 196 g/mol. The molecule has 6 radical (unpaired) electrons. The van der Waals surface area contributed by atoms with E-state index >= 15 is 0 Å². The zero-order valence-corrected chi connectivity index (χ0v) is 12.7. The molecule has 0 aliphatic carbocycles. The summed E-state index contributed by atoms with van der Waals surface area (Å²) in [4.78, 5) is 0. The number of hydrogen-bond donors (Lipinski definition) is 0. The van der Waals surface area contributed by atoms with E-state index in [1.165, 1.54) is 0 Å². The molecule has 0 saturated heterocycles. The van der Waals surface area contributed by atoms with Gasteiger partial charge in [0.15, 0.2) is 0 Å². The molecule has 0 aliphatic heterocycles. The third-order valence-electron chi connectivity index (χ3n) is 0. The van der Waals surface area contributed by atoms with Crippen LogP contribution in [0.15, 0.2) is 0 Å². The summed E-state index contributed by atoms with van der Waals surface area (Å²) in [6.07, 6.45) is 0. The SMILES string of the molecule is [B].[B].[K+].[K+].[O]=[Ti]([O-])[O-]. The maximum atomic E-state index is 8.58. The van der Waals surface area contributed by atoms with Gasteiger partial charge in [0, 0.05) is 16.8 Å². The molecule has 0 unspecified atom stereocenters. The molecule has 0 aliphatic rings. The molecule has 0 fully saturated rings. The van der Waals surface area contributed by atoms with Gasteiger partial charge in [-0.2, -0.15) is 0 Å². The summed E-state index contributed by atoms with van der Waals surface area (Å²) in [6, 6.07) is 0. The third-order valence-corrected chi connectivity index (χ3v) is 0. The molecular weight excluding hydrogens is 196 g/mol. The zero-order valence-electron chi connectivity index (χ0n) is 4.88. The fourth-order valence-corrected chi connectivity index (χ4v) is 0. The van der Waals surface area contributed by atoms with Crippen molar-refractivity contribution in [1.82, 2.24) is 0 Å². The molecule has 0 N–H and O–H groups in total. The second-order valence-corrected chi connectivity index (χ2v) is 1.03. The van der Waals surface area contributed by atoms with E-state index in [1.807, 2.05) is 0 Å². The van der Waals surface area contributed by atoms with Crippen LogP contribution in [-0.4, -0.2) is 16.8 Å². The molecule has 0 amide bonds. The molecule has 0 bridgehead atoms. The molecule has 0 spiro atoms. The molecule has 3 nitrogen and oxygen atoms in total. The van der Waals surface area contributed by atoms with Crippen LogP contribution in [-0.2, 0) is 21.9 Å². The number of hydrogen-bond acceptors (Lipinski definition) is 3. The molecule has 0 rings (SSSR count). The topological polar surface area (TPSA) is 63.2 Å². The van der Waals surface area contributed by atoms with Crippen molar-refractivity contribution in [2.45, 2.75) is 0 Å². The minimum absolute atomic E-state index is 0. The molecule has 0 aromatic carbocycles. The van der Waals surface area contributed by atoms with Gasteiger partial charge in [-0.1, -0.05) is 0 Å². The quantitative estimate of drug-likeness (QED) is 0.361. The van der Waals surface area contributed by atoms with Gasteiger partial charge < -0.3 is 0 Å². The van der Waals surface area contributed by atoms with Gasteiger partial charge in [0.25, 0.3) is 0 Å². The first-order valence-corrected chi connectivity index (χ1v) is 2.52. The molecule has 0 atom stereocenters. The van der Waals surface area contributed by atoms with Crippen LogP contribution in [0.4, 0.5) is 0 Å². The van der Waals surface area contributed by atoms with Crippen molar-refractivity contribution in [3.8, 4) is 0 Å². The van der Waals surface area contributed by atoms with Crippen LogP contribution >= 0.6 is 0 Å². The van der Waals surface area contributed by atoms with Crippen LogP contribution in [0.3, 0.4) is 0 Å². The van der Waals surface area contributed by atoms with Gasteiger partial charge in [-0.05, 0) is 0 Å². The minimum atomic E-state index is -4.08. The van der Waals surface area contributed by atoms with E-state index in [4.69, 9.17) is 10.7 Å². The van der Waals surface area contributed by atoms with Gasteiger partial charge >= 0.3 is 132 Å². The van der Waals surface area contributed by atoms with E-state index < -0.39 is 18.6 Å². The van der Waals surface area contributed by atoms with E-state index in [1.54, 1.807) is 0 Å². The monoisotopic (exact) mass is 196 g/mol. The van der Waals surface area contributed by atoms with Crippen LogP contribution < -0.4 is 110 Å². The van der Waals surface area contributed by atoms with Crippen molar-refractivity contribution in [2.24, 2.45) is 0 Å². The van der Waals surface area contributed by atoms with Crippen LogP contribution in [0.5, 0.6) is 0 Å². The zero-order chi connectivity index (χ0) is 3.58. The van der Waals surface area contributed by atoms with Crippen LogP contribution in [0.2, 0.25) is 0 Å². The average Bonchev–Trinajstić information content (AvgIpc) is 0.811. The first kappa shape index (κ1) is 29.7. The summed E-state index contributed by atoms with van der Waals surface area (Å²) in [5.74, 6) is 0. The van der Waals surface area contributed by atoms with Gasteiger partial charge in [0.05, 0.1) is 0 Å². The van der Waals surface area contributed by atoms with Crippen molar-refractivity contribution in [3.05, 3.63) is 0 Å². The Bertz CT molecular complexity index is 38.3. The fourth-order valence-electron chi connectivity index (χ4n) is 0. The van der Waals surface area contributed by atoms with E-state index in [0.717, 1.165) is 0 Å². The third kappa shape index (κ3) is 52.2.